The Kier molecular flexibility index (Phi) is 12.9. The number of carbonyl (C=O) groups is 2. The Labute approximate surface area is 305 Å². The van der Waals surface area contributed by atoms with Crippen LogP contribution in [0.1, 0.15) is 36.1 Å². The van der Waals surface area contributed by atoms with Crippen molar-refractivity contribution in [1.29, 1.82) is 0 Å². The van der Waals surface area contributed by atoms with Gasteiger partial charge in [-0.3, -0.25) is 9.59 Å². The summed E-state index contributed by atoms with van der Waals surface area (Å²) in [5, 5.41) is 1.32. The zero-order valence-corrected chi connectivity index (χ0v) is 29.7. The Morgan fingerprint density at radius 1 is 0.654 bits per heavy atom. The molecule has 0 spiro atoms. The summed E-state index contributed by atoms with van der Waals surface area (Å²) in [6.45, 7) is 8.69. The molecule has 0 saturated carbocycles. The van der Waals surface area contributed by atoms with Crippen LogP contribution in [0, 0.1) is 0 Å². The van der Waals surface area contributed by atoms with Crippen LogP contribution in [-0.2, 0) is 31.4 Å². The maximum Gasteiger partial charge on any atom is 0.416 e. The van der Waals surface area contributed by atoms with E-state index in [0.29, 0.717) is 89.5 Å². The number of aliphatic imine (C=N–C) groups is 2. The molecule has 2 fully saturated rings. The van der Waals surface area contributed by atoms with Crippen LogP contribution < -0.4 is 0 Å². The topological polar surface area (TPSA) is 83.8 Å². The number of alkyl halides is 6. The third-order valence-corrected chi connectivity index (χ3v) is 10.2. The molecule has 2 saturated heterocycles. The molecule has 8 nitrogen and oxygen atoms in total. The van der Waals surface area contributed by atoms with E-state index in [2.05, 4.69) is 9.98 Å². The van der Waals surface area contributed by atoms with Crippen LogP contribution in [0.5, 0.6) is 0 Å². The van der Waals surface area contributed by atoms with Crippen molar-refractivity contribution in [3.63, 3.8) is 0 Å². The highest BCUT2D eigenvalue weighted by atomic mass is 32.2. The molecule has 2 amide bonds. The summed E-state index contributed by atoms with van der Waals surface area (Å²) in [6, 6.07) is 10.1. The van der Waals surface area contributed by atoms with Gasteiger partial charge in [0.2, 0.25) is 0 Å². The lowest BCUT2D eigenvalue weighted by molar-refractivity contribution is -0.138. The first-order chi connectivity index (χ1) is 24.7. The van der Waals surface area contributed by atoms with Crippen LogP contribution in [0.2, 0.25) is 0 Å². The number of hydrogen-bond donors (Lipinski definition) is 0. The molecule has 4 heterocycles. The van der Waals surface area contributed by atoms with E-state index in [-0.39, 0.29) is 11.8 Å². The second-order valence-electron chi connectivity index (χ2n) is 11.7. The Balaban J connectivity index is 0.000000201. The molecule has 0 unspecified atom stereocenters. The lowest BCUT2D eigenvalue weighted by Gasteiger charge is -2.27. The van der Waals surface area contributed by atoms with Crippen LogP contribution in [0.15, 0.2) is 92.6 Å². The van der Waals surface area contributed by atoms with E-state index in [0.717, 1.165) is 29.8 Å². The summed E-state index contributed by atoms with van der Waals surface area (Å²) in [7, 11) is 0. The van der Waals surface area contributed by atoms with Crippen LogP contribution >= 0.6 is 23.5 Å². The molecule has 276 valence electrons. The molecule has 52 heavy (non-hydrogen) atoms. The van der Waals surface area contributed by atoms with Crippen LogP contribution in [0.4, 0.5) is 26.3 Å². The maximum atomic E-state index is 12.8. The van der Waals surface area contributed by atoms with Gasteiger partial charge in [-0.2, -0.15) is 36.3 Å². The molecule has 2 aromatic carbocycles. The van der Waals surface area contributed by atoms with Gasteiger partial charge in [0.15, 0.2) is 10.3 Å². The van der Waals surface area contributed by atoms with Crippen LogP contribution in [0.3, 0.4) is 0 Å². The van der Waals surface area contributed by atoms with E-state index in [9.17, 15) is 35.9 Å². The average Bonchev–Trinajstić information content (AvgIpc) is 3.71. The minimum atomic E-state index is -4.38. The Morgan fingerprint density at radius 2 is 1.10 bits per heavy atom. The largest absolute Gasteiger partial charge is 0.416 e. The molecule has 0 radical (unpaired) electrons. The highest BCUT2D eigenvalue weighted by Crippen LogP contribution is 2.33. The van der Waals surface area contributed by atoms with Gasteiger partial charge in [0.1, 0.15) is 0 Å². The van der Waals surface area contributed by atoms with E-state index in [1.165, 1.54) is 41.7 Å². The number of morpholine rings is 2. The number of hydrogen-bond acceptors (Lipinski definition) is 8. The average molecular weight is 765 g/mol. The van der Waals surface area contributed by atoms with Gasteiger partial charge in [-0.05, 0) is 96.1 Å². The van der Waals surface area contributed by atoms with E-state index >= 15 is 0 Å². The smallest absolute Gasteiger partial charge is 0.378 e. The first-order valence-electron chi connectivity index (χ1n) is 16.1. The van der Waals surface area contributed by atoms with E-state index in [1.807, 2.05) is 9.80 Å². The van der Waals surface area contributed by atoms with Crippen molar-refractivity contribution in [2.24, 2.45) is 9.98 Å². The highest BCUT2D eigenvalue weighted by Gasteiger charge is 2.32. The van der Waals surface area contributed by atoms with Crippen molar-refractivity contribution >= 4 is 56.8 Å². The number of ether oxygens (including phenoxy) is 2. The number of amides is 2. The molecule has 4 aliphatic rings. The first-order valence-corrected chi connectivity index (χ1v) is 17.7. The lowest BCUT2D eigenvalue weighted by atomic mass is 10.0. The third kappa shape index (κ3) is 10.5. The number of amidine groups is 2. The second-order valence-corrected chi connectivity index (χ2v) is 13.7. The number of allylic oxidation sites excluding steroid dienone is 6. The SMILES string of the molecule is CC(=CC=C1SC(N2CCOCC2)=NC1=O)c1ccc(C(F)(F)F)cc1.CC(=CC=C1SC(N2CCOCC2)=NC1=O)c1cccc(C(F)(F)F)c1. The second kappa shape index (κ2) is 17.1. The fourth-order valence-corrected chi connectivity index (χ4v) is 6.87. The molecule has 0 bridgehead atoms. The maximum absolute atomic E-state index is 12.8. The number of carbonyl (C=O) groups excluding carboxylic acids is 2. The molecular formula is C36H34F6N4O4S2. The number of halogens is 6. The normalized spacial score (nSPS) is 20.7. The fraction of sp³-hybridized carbons (Fsp3) is 0.333. The van der Waals surface area contributed by atoms with Crippen molar-refractivity contribution in [3.05, 3.63) is 105 Å². The Bertz CT molecular complexity index is 1840. The monoisotopic (exact) mass is 764 g/mol. The predicted molar refractivity (Wildman–Crippen MR) is 191 cm³/mol. The van der Waals surface area contributed by atoms with E-state index in [4.69, 9.17) is 9.47 Å². The minimum Gasteiger partial charge on any atom is -0.378 e. The molecular weight excluding hydrogens is 731 g/mol. The van der Waals surface area contributed by atoms with Gasteiger partial charge in [0.25, 0.3) is 11.8 Å². The molecule has 4 aliphatic heterocycles. The number of thioether (sulfide) groups is 2. The summed E-state index contributed by atoms with van der Waals surface area (Å²) >= 11 is 2.58. The molecule has 0 N–H and O–H groups in total. The van der Waals surface area contributed by atoms with Gasteiger partial charge >= 0.3 is 12.4 Å². The zero-order valence-electron chi connectivity index (χ0n) is 28.1. The van der Waals surface area contributed by atoms with Gasteiger partial charge in [-0.25, -0.2) is 0 Å². The first kappa shape index (κ1) is 39.1. The summed E-state index contributed by atoms with van der Waals surface area (Å²) in [5.41, 5.74) is 1.15. The predicted octanol–water partition coefficient (Wildman–Crippen LogP) is 7.91. The van der Waals surface area contributed by atoms with Gasteiger partial charge in [0, 0.05) is 26.2 Å². The van der Waals surface area contributed by atoms with Gasteiger partial charge in [0.05, 0.1) is 47.4 Å². The van der Waals surface area contributed by atoms with Crippen molar-refractivity contribution in [1.82, 2.24) is 9.80 Å². The molecule has 0 aromatic heterocycles. The van der Waals surface area contributed by atoms with Crippen molar-refractivity contribution in [3.8, 4) is 0 Å². The highest BCUT2D eigenvalue weighted by molar-refractivity contribution is 8.18. The number of nitrogens with zero attached hydrogens (tertiary/aromatic N) is 4. The Morgan fingerprint density at radius 3 is 1.54 bits per heavy atom. The molecule has 0 atom stereocenters. The van der Waals surface area contributed by atoms with Crippen molar-refractivity contribution in [2.75, 3.05) is 52.6 Å². The summed E-state index contributed by atoms with van der Waals surface area (Å²) in [5.74, 6) is -0.627. The summed E-state index contributed by atoms with van der Waals surface area (Å²) < 4.78 is 86.9. The van der Waals surface area contributed by atoms with E-state index < -0.39 is 23.5 Å². The number of benzene rings is 2. The fourth-order valence-electron chi connectivity index (χ4n) is 5.06. The van der Waals surface area contributed by atoms with Crippen LogP contribution in [0.25, 0.3) is 11.1 Å². The summed E-state index contributed by atoms with van der Waals surface area (Å²) in [6.07, 6.45) is -2.09. The van der Waals surface area contributed by atoms with Crippen molar-refractivity contribution in [2.45, 2.75) is 26.2 Å². The van der Waals surface area contributed by atoms with Crippen molar-refractivity contribution < 1.29 is 45.4 Å². The number of rotatable bonds is 4. The molecule has 6 rings (SSSR count). The molecule has 2 aromatic rings. The minimum absolute atomic E-state index is 0.298. The standard InChI is InChI=1S/2C18H17F3N2O2S/c1-12(13-3-5-14(6-4-13)18(19,20)21)2-7-15-16(24)22-17(26-15)23-8-10-25-11-9-23;1-12(13-3-2-4-14(11-13)18(19,20)21)5-6-15-16(24)22-17(26-15)23-7-9-25-10-8-23/h2-7H,8-11H2,1H3;2-6,11H,7-10H2,1H3. The van der Waals surface area contributed by atoms with Gasteiger partial charge in [-0.15, -0.1) is 0 Å². The van der Waals surface area contributed by atoms with E-state index in [1.54, 1.807) is 44.2 Å². The lowest BCUT2D eigenvalue weighted by Crippen LogP contribution is -2.38. The quantitative estimate of drug-likeness (QED) is 0.230. The summed E-state index contributed by atoms with van der Waals surface area (Å²) in [4.78, 5) is 37.2. The zero-order chi connectivity index (χ0) is 37.5. The third-order valence-electron chi connectivity index (χ3n) is 8.06. The van der Waals surface area contributed by atoms with Gasteiger partial charge < -0.3 is 19.3 Å². The molecule has 16 heteroatoms. The Hall–Kier alpha value is -4.12. The van der Waals surface area contributed by atoms with Crippen LogP contribution in [-0.4, -0.2) is 84.6 Å². The van der Waals surface area contributed by atoms with Gasteiger partial charge in [-0.1, -0.05) is 36.4 Å². The molecule has 0 aliphatic carbocycles.